The van der Waals surface area contributed by atoms with Gasteiger partial charge in [-0.05, 0) is 26.3 Å². The van der Waals surface area contributed by atoms with Gasteiger partial charge < -0.3 is 25.0 Å². The minimum atomic E-state index is -0.373. The van der Waals surface area contributed by atoms with Crippen LogP contribution in [0.2, 0.25) is 0 Å². The molecule has 0 aromatic carbocycles. The first-order chi connectivity index (χ1) is 12.5. The van der Waals surface area contributed by atoms with Crippen LogP contribution in [0, 0.1) is 13.8 Å². The highest BCUT2D eigenvalue weighted by atomic mass is 32.1. The summed E-state index contributed by atoms with van der Waals surface area (Å²) in [5.74, 6) is -0.461. The molecule has 4 N–H and O–H groups in total. The summed E-state index contributed by atoms with van der Waals surface area (Å²) in [6.45, 7) is 12.2. The van der Waals surface area contributed by atoms with Crippen molar-refractivity contribution in [3.63, 3.8) is 0 Å². The summed E-state index contributed by atoms with van der Waals surface area (Å²) in [6.07, 6.45) is 1.08. The summed E-state index contributed by atoms with van der Waals surface area (Å²) < 4.78 is 10.5. The average molecular weight is 386 g/mol. The van der Waals surface area contributed by atoms with Gasteiger partial charge in [0.05, 0.1) is 38.5 Å². The number of ether oxygens (including phenoxy) is 2. The minimum Gasteiger partial charge on any atom is -0.462 e. The number of amides is 1. The number of hydrogen-bond donors (Lipinski definition) is 3. The number of quaternary nitrogens is 2. The monoisotopic (exact) mass is 385 g/mol. The minimum absolute atomic E-state index is 0.0875. The maximum absolute atomic E-state index is 12.2. The lowest BCUT2D eigenvalue weighted by molar-refractivity contribution is -0.909. The summed E-state index contributed by atoms with van der Waals surface area (Å²) in [5.41, 5.74) is 1.36. The normalized spacial score (nSPS) is 15.0. The van der Waals surface area contributed by atoms with Crippen molar-refractivity contribution in [2.45, 2.75) is 27.2 Å². The summed E-state index contributed by atoms with van der Waals surface area (Å²) in [4.78, 5) is 27.0. The zero-order chi connectivity index (χ0) is 18.9. The topological polar surface area (TPSA) is 85.7 Å². The lowest BCUT2D eigenvalue weighted by atomic mass is 10.1. The van der Waals surface area contributed by atoms with Crippen LogP contribution in [0.4, 0.5) is 5.00 Å². The molecule has 146 valence electrons. The first-order valence-corrected chi connectivity index (χ1v) is 10.1. The van der Waals surface area contributed by atoms with Crippen molar-refractivity contribution >= 4 is 28.2 Å². The van der Waals surface area contributed by atoms with Crippen LogP contribution in [0.3, 0.4) is 0 Å². The van der Waals surface area contributed by atoms with E-state index in [2.05, 4.69) is 5.32 Å². The molecule has 1 fully saturated rings. The maximum atomic E-state index is 12.2. The summed E-state index contributed by atoms with van der Waals surface area (Å²) >= 11 is 1.42. The van der Waals surface area contributed by atoms with Crippen LogP contribution in [0.1, 0.15) is 34.1 Å². The molecule has 0 atom stereocenters. The second kappa shape index (κ2) is 10.6. The van der Waals surface area contributed by atoms with Gasteiger partial charge in [0, 0.05) is 11.3 Å². The van der Waals surface area contributed by atoms with Gasteiger partial charge in [-0.2, -0.15) is 0 Å². The smallest absolute Gasteiger partial charge is 0.341 e. The number of rotatable bonds is 9. The predicted molar refractivity (Wildman–Crippen MR) is 101 cm³/mol. The zero-order valence-electron chi connectivity index (χ0n) is 16.0. The van der Waals surface area contributed by atoms with E-state index in [4.69, 9.17) is 9.47 Å². The summed E-state index contributed by atoms with van der Waals surface area (Å²) in [6, 6.07) is 0. The van der Waals surface area contributed by atoms with Crippen LogP contribution in [0.5, 0.6) is 0 Å². The van der Waals surface area contributed by atoms with Gasteiger partial charge in [0.15, 0.2) is 6.54 Å². The van der Waals surface area contributed by atoms with Crippen LogP contribution in [0.15, 0.2) is 0 Å². The van der Waals surface area contributed by atoms with Gasteiger partial charge in [0.25, 0.3) is 5.91 Å². The Hall–Kier alpha value is -1.48. The van der Waals surface area contributed by atoms with Crippen LogP contribution in [0.25, 0.3) is 0 Å². The Morgan fingerprint density at radius 1 is 1.31 bits per heavy atom. The van der Waals surface area contributed by atoms with E-state index in [1.165, 1.54) is 11.3 Å². The molecule has 0 saturated carbocycles. The molecule has 1 amide bonds. The number of anilines is 1. The molecule has 0 bridgehead atoms. The summed E-state index contributed by atoms with van der Waals surface area (Å²) in [5, 5.41) is 5.49. The molecule has 2 rings (SSSR count). The van der Waals surface area contributed by atoms with Gasteiger partial charge in [0.1, 0.15) is 18.1 Å². The molecule has 1 aromatic rings. The highest BCUT2D eigenvalue weighted by Crippen LogP contribution is 2.32. The van der Waals surface area contributed by atoms with Crippen LogP contribution >= 0.6 is 11.3 Å². The van der Waals surface area contributed by atoms with Gasteiger partial charge in [0.2, 0.25) is 0 Å². The Morgan fingerprint density at radius 3 is 2.73 bits per heavy atom. The second-order valence-electron chi connectivity index (χ2n) is 6.50. The largest absolute Gasteiger partial charge is 0.462 e. The Labute approximate surface area is 159 Å². The molecule has 1 saturated heterocycles. The number of thiophene rings is 1. The molecule has 0 radical (unpaired) electrons. The number of aryl methyl sites for hydroxylation is 1. The molecule has 26 heavy (non-hydrogen) atoms. The van der Waals surface area contributed by atoms with Gasteiger partial charge >= 0.3 is 5.97 Å². The van der Waals surface area contributed by atoms with Gasteiger partial charge in [-0.3, -0.25) is 4.79 Å². The van der Waals surface area contributed by atoms with E-state index in [0.29, 0.717) is 23.7 Å². The van der Waals surface area contributed by atoms with Crippen LogP contribution in [-0.4, -0.2) is 64.4 Å². The Kier molecular flexibility index (Phi) is 8.50. The molecule has 7 nitrogen and oxygen atoms in total. The number of esters is 1. The zero-order valence-corrected chi connectivity index (χ0v) is 16.8. The number of nitrogens with one attached hydrogen (secondary N) is 2. The molecule has 0 unspecified atom stereocenters. The van der Waals surface area contributed by atoms with Crippen molar-refractivity contribution in [3.05, 3.63) is 16.0 Å². The lowest BCUT2D eigenvalue weighted by Crippen LogP contribution is -3.14. The van der Waals surface area contributed by atoms with E-state index in [0.717, 1.165) is 56.3 Å². The van der Waals surface area contributed by atoms with Crippen molar-refractivity contribution < 1.29 is 29.3 Å². The molecule has 2 heterocycles. The third-order valence-corrected chi connectivity index (χ3v) is 5.71. The van der Waals surface area contributed by atoms with E-state index in [1.807, 2.05) is 19.2 Å². The number of morpholine rings is 1. The van der Waals surface area contributed by atoms with Gasteiger partial charge in [-0.15, -0.1) is 11.3 Å². The second-order valence-corrected chi connectivity index (χ2v) is 7.73. The first kappa shape index (κ1) is 20.8. The summed E-state index contributed by atoms with van der Waals surface area (Å²) in [7, 11) is 0. The lowest BCUT2D eigenvalue weighted by Gasteiger charge is -2.23. The highest BCUT2D eigenvalue weighted by Gasteiger charge is 2.22. The number of hydrogen-bond acceptors (Lipinski definition) is 5. The standard InChI is InChI=1S/C18H29N3O4S/c1-4-25-18(23)16-13(2)14(3)26-17(16)20-15(22)12-19-6-5-7-21-8-10-24-11-9-21/h19H,4-12H2,1-3H3,(H,20,22)/p+2. The SMILES string of the molecule is CCOC(=O)c1c(NC(=O)C[NH2+]CCC[NH+]2CCOCC2)sc(C)c1C. The third kappa shape index (κ3) is 6.05. The van der Waals surface area contributed by atoms with Crippen molar-refractivity contribution in [1.29, 1.82) is 0 Å². The fourth-order valence-electron chi connectivity index (χ4n) is 2.98. The first-order valence-electron chi connectivity index (χ1n) is 9.32. The maximum Gasteiger partial charge on any atom is 0.341 e. The fraction of sp³-hybridized carbons (Fsp3) is 0.667. The van der Waals surface area contributed by atoms with Crippen molar-refractivity contribution in [3.8, 4) is 0 Å². The van der Waals surface area contributed by atoms with E-state index in [1.54, 1.807) is 11.8 Å². The molecule has 0 spiro atoms. The van der Waals surface area contributed by atoms with E-state index < -0.39 is 0 Å². The molecule has 1 aliphatic heterocycles. The molecule has 0 aliphatic carbocycles. The molecule has 1 aromatic heterocycles. The fourth-order valence-corrected chi connectivity index (χ4v) is 4.05. The van der Waals surface area contributed by atoms with E-state index in [-0.39, 0.29) is 11.9 Å². The quantitative estimate of drug-likeness (QED) is 0.390. The number of carbonyl (C=O) groups is 2. The molecular weight excluding hydrogens is 354 g/mol. The van der Waals surface area contributed by atoms with E-state index in [9.17, 15) is 9.59 Å². The van der Waals surface area contributed by atoms with Gasteiger partial charge in [-0.1, -0.05) is 0 Å². The van der Waals surface area contributed by atoms with Crippen molar-refractivity contribution in [2.75, 3.05) is 57.9 Å². The third-order valence-electron chi connectivity index (χ3n) is 4.59. The number of carbonyl (C=O) groups excluding carboxylic acids is 2. The molecule has 1 aliphatic rings. The van der Waals surface area contributed by atoms with Crippen LogP contribution in [-0.2, 0) is 14.3 Å². The molecular formula is C18H31N3O4S+2. The number of nitrogens with two attached hydrogens (primary N) is 1. The van der Waals surface area contributed by atoms with Gasteiger partial charge in [-0.25, -0.2) is 4.79 Å². The van der Waals surface area contributed by atoms with Crippen molar-refractivity contribution in [2.24, 2.45) is 0 Å². The molecule has 8 heteroatoms. The van der Waals surface area contributed by atoms with E-state index >= 15 is 0 Å². The Balaban J connectivity index is 1.75. The predicted octanol–water partition coefficient (Wildman–Crippen LogP) is -0.651. The average Bonchev–Trinajstić information content (AvgIpc) is 2.89. The van der Waals surface area contributed by atoms with Crippen LogP contribution < -0.4 is 15.5 Å². The highest BCUT2D eigenvalue weighted by molar-refractivity contribution is 7.16. The van der Waals surface area contributed by atoms with Crippen molar-refractivity contribution in [1.82, 2.24) is 0 Å². The Bertz CT molecular complexity index is 612. The Morgan fingerprint density at radius 2 is 2.04 bits per heavy atom.